The fourth-order valence-corrected chi connectivity index (χ4v) is 5.38. The van der Waals surface area contributed by atoms with E-state index < -0.39 is 10.0 Å². The minimum absolute atomic E-state index is 0.0189. The molecule has 3 rings (SSSR count). The summed E-state index contributed by atoms with van der Waals surface area (Å²) in [5, 5.41) is 5.81. The Bertz CT molecular complexity index is 862. The molecule has 27 heavy (non-hydrogen) atoms. The molecule has 2 aliphatic rings. The van der Waals surface area contributed by atoms with E-state index in [4.69, 9.17) is 11.6 Å². The number of hydrogen-bond acceptors (Lipinski definition) is 4. The van der Waals surface area contributed by atoms with Gasteiger partial charge in [-0.15, -0.1) is 0 Å². The molecule has 1 aromatic rings. The van der Waals surface area contributed by atoms with Crippen LogP contribution in [0.5, 0.6) is 0 Å². The van der Waals surface area contributed by atoms with Gasteiger partial charge in [0, 0.05) is 31.5 Å². The minimum Gasteiger partial charge on any atom is -0.354 e. The molecule has 0 aromatic heterocycles. The number of sulfonamides is 1. The number of amides is 2. The van der Waals surface area contributed by atoms with E-state index >= 15 is 0 Å². The molecular formula is C18H24ClN3O4S. The highest BCUT2D eigenvalue weighted by molar-refractivity contribution is 7.89. The van der Waals surface area contributed by atoms with Crippen LogP contribution in [0.2, 0.25) is 5.02 Å². The van der Waals surface area contributed by atoms with Crippen LogP contribution in [-0.2, 0) is 26.0 Å². The second kappa shape index (κ2) is 7.77. The predicted octanol–water partition coefficient (Wildman–Crippen LogP) is 2.15. The smallest absolute Gasteiger partial charge is 0.243 e. The van der Waals surface area contributed by atoms with Gasteiger partial charge in [-0.25, -0.2) is 8.42 Å². The fourth-order valence-electron chi connectivity index (χ4n) is 3.48. The lowest BCUT2D eigenvalue weighted by atomic mass is 9.97. The summed E-state index contributed by atoms with van der Waals surface area (Å²) in [5.41, 5.74) is 1.22. The quantitative estimate of drug-likeness (QED) is 0.790. The molecule has 0 unspecified atom stereocenters. The van der Waals surface area contributed by atoms with Crippen LogP contribution in [0.15, 0.2) is 17.0 Å². The van der Waals surface area contributed by atoms with Crippen LogP contribution in [0.3, 0.4) is 0 Å². The number of fused-ring (bicyclic) bond motifs is 1. The Hall–Kier alpha value is -1.64. The SMILES string of the molecule is CC(C)NC(=O)C1CCN(S(=O)(=O)c2cc(Cl)c3c(c2)CCC(=O)N3)CC1. The summed E-state index contributed by atoms with van der Waals surface area (Å²) < 4.78 is 27.5. The Morgan fingerprint density at radius 3 is 2.56 bits per heavy atom. The molecule has 0 spiro atoms. The van der Waals surface area contributed by atoms with E-state index in [-0.39, 0.29) is 33.7 Å². The van der Waals surface area contributed by atoms with Crippen molar-refractivity contribution in [1.29, 1.82) is 0 Å². The highest BCUT2D eigenvalue weighted by atomic mass is 35.5. The predicted molar refractivity (Wildman–Crippen MR) is 103 cm³/mol. The molecule has 2 aliphatic heterocycles. The number of carbonyl (C=O) groups excluding carboxylic acids is 2. The molecule has 7 nitrogen and oxygen atoms in total. The van der Waals surface area contributed by atoms with Crippen LogP contribution in [0.4, 0.5) is 5.69 Å². The van der Waals surface area contributed by atoms with Crippen molar-refractivity contribution in [2.45, 2.75) is 50.5 Å². The zero-order valence-electron chi connectivity index (χ0n) is 15.4. The first-order valence-electron chi connectivity index (χ1n) is 9.11. The van der Waals surface area contributed by atoms with Gasteiger partial charge in [0.05, 0.1) is 15.6 Å². The van der Waals surface area contributed by atoms with E-state index in [9.17, 15) is 18.0 Å². The number of halogens is 1. The minimum atomic E-state index is -3.70. The van der Waals surface area contributed by atoms with Gasteiger partial charge in [0.15, 0.2) is 0 Å². The monoisotopic (exact) mass is 413 g/mol. The Balaban J connectivity index is 1.75. The zero-order valence-corrected chi connectivity index (χ0v) is 17.0. The molecule has 0 radical (unpaired) electrons. The second-order valence-corrected chi connectivity index (χ2v) is 9.67. The molecule has 2 N–H and O–H groups in total. The molecule has 2 heterocycles. The third-order valence-corrected chi connectivity index (χ3v) is 7.10. The van der Waals surface area contributed by atoms with Crippen molar-refractivity contribution in [2.75, 3.05) is 18.4 Å². The average molecular weight is 414 g/mol. The van der Waals surface area contributed by atoms with Gasteiger partial charge in [0.25, 0.3) is 0 Å². The molecular weight excluding hydrogens is 390 g/mol. The maximum Gasteiger partial charge on any atom is 0.243 e. The van der Waals surface area contributed by atoms with Crippen molar-refractivity contribution >= 4 is 39.1 Å². The van der Waals surface area contributed by atoms with Gasteiger partial charge >= 0.3 is 0 Å². The number of rotatable bonds is 4. The molecule has 0 atom stereocenters. The highest BCUT2D eigenvalue weighted by Crippen LogP contribution is 2.35. The lowest BCUT2D eigenvalue weighted by Gasteiger charge is -2.31. The summed E-state index contributed by atoms with van der Waals surface area (Å²) >= 11 is 6.22. The van der Waals surface area contributed by atoms with Gasteiger partial charge in [0.2, 0.25) is 21.8 Å². The van der Waals surface area contributed by atoms with Gasteiger partial charge in [-0.1, -0.05) is 11.6 Å². The number of nitrogens with zero attached hydrogens (tertiary/aromatic N) is 1. The zero-order chi connectivity index (χ0) is 19.8. The number of piperidine rings is 1. The molecule has 0 saturated carbocycles. The molecule has 0 bridgehead atoms. The van der Waals surface area contributed by atoms with E-state index in [1.165, 1.54) is 10.4 Å². The third kappa shape index (κ3) is 4.28. The summed E-state index contributed by atoms with van der Waals surface area (Å²) in [6.45, 7) is 4.40. The molecule has 1 aromatic carbocycles. The fraction of sp³-hybridized carbons (Fsp3) is 0.556. The Morgan fingerprint density at radius 1 is 1.26 bits per heavy atom. The van der Waals surface area contributed by atoms with Crippen molar-refractivity contribution in [2.24, 2.45) is 5.92 Å². The maximum atomic E-state index is 13.0. The lowest BCUT2D eigenvalue weighted by molar-refractivity contribution is -0.126. The number of anilines is 1. The second-order valence-electron chi connectivity index (χ2n) is 7.33. The van der Waals surface area contributed by atoms with Gasteiger partial charge in [-0.2, -0.15) is 4.31 Å². The number of nitrogens with one attached hydrogen (secondary N) is 2. The van der Waals surface area contributed by atoms with Crippen molar-refractivity contribution in [3.63, 3.8) is 0 Å². The third-order valence-electron chi connectivity index (χ3n) is 4.92. The lowest BCUT2D eigenvalue weighted by Crippen LogP contribution is -2.44. The first-order valence-corrected chi connectivity index (χ1v) is 10.9. The number of aryl methyl sites for hydroxylation is 1. The van der Waals surface area contributed by atoms with Crippen LogP contribution in [0, 0.1) is 5.92 Å². The van der Waals surface area contributed by atoms with Gasteiger partial charge in [-0.3, -0.25) is 9.59 Å². The molecule has 9 heteroatoms. The van der Waals surface area contributed by atoms with Gasteiger partial charge in [-0.05, 0) is 50.8 Å². The van der Waals surface area contributed by atoms with Crippen molar-refractivity contribution in [1.82, 2.24) is 9.62 Å². The van der Waals surface area contributed by atoms with Crippen molar-refractivity contribution in [3.05, 3.63) is 22.7 Å². The van der Waals surface area contributed by atoms with E-state index in [1.54, 1.807) is 6.07 Å². The summed E-state index contributed by atoms with van der Waals surface area (Å²) in [5.74, 6) is -0.308. The molecule has 2 amide bonds. The van der Waals surface area contributed by atoms with E-state index in [1.807, 2.05) is 13.8 Å². The average Bonchev–Trinajstić information content (AvgIpc) is 2.61. The first kappa shape index (κ1) is 20.1. The van der Waals surface area contributed by atoms with Crippen LogP contribution in [-0.4, -0.2) is 43.7 Å². The number of benzene rings is 1. The van der Waals surface area contributed by atoms with Crippen LogP contribution >= 0.6 is 11.6 Å². The first-order chi connectivity index (χ1) is 12.7. The molecule has 1 saturated heterocycles. The summed E-state index contributed by atoms with van der Waals surface area (Å²) in [6, 6.07) is 3.05. The number of carbonyl (C=O) groups is 2. The maximum absolute atomic E-state index is 13.0. The van der Waals surface area contributed by atoms with Gasteiger partial charge in [0.1, 0.15) is 0 Å². The largest absolute Gasteiger partial charge is 0.354 e. The van der Waals surface area contributed by atoms with Crippen molar-refractivity contribution in [3.8, 4) is 0 Å². The molecule has 148 valence electrons. The van der Waals surface area contributed by atoms with Crippen molar-refractivity contribution < 1.29 is 18.0 Å². The van der Waals surface area contributed by atoms with Crippen LogP contribution in [0.25, 0.3) is 0 Å². The Labute approximate surface area is 164 Å². The molecule has 1 fully saturated rings. The topological polar surface area (TPSA) is 95.6 Å². The van der Waals surface area contributed by atoms with Gasteiger partial charge < -0.3 is 10.6 Å². The summed E-state index contributed by atoms with van der Waals surface area (Å²) in [6.07, 6.45) is 1.75. The Morgan fingerprint density at radius 2 is 1.93 bits per heavy atom. The van der Waals surface area contributed by atoms with E-state index in [2.05, 4.69) is 10.6 Å². The van der Waals surface area contributed by atoms with Crippen LogP contribution < -0.4 is 10.6 Å². The summed E-state index contributed by atoms with van der Waals surface area (Å²) in [7, 11) is -3.70. The van der Waals surface area contributed by atoms with E-state index in [0.717, 1.165) is 5.56 Å². The standard InChI is InChI=1S/C18H24ClN3O4S/c1-11(2)20-18(24)12-5-7-22(8-6-12)27(25,26)14-9-13-3-4-16(23)21-17(13)15(19)10-14/h9-12H,3-8H2,1-2H3,(H,20,24)(H,21,23). The van der Waals surface area contributed by atoms with E-state index in [0.29, 0.717) is 44.5 Å². The normalized spacial score (nSPS) is 18.9. The Kier molecular flexibility index (Phi) is 5.79. The van der Waals surface area contributed by atoms with Crippen LogP contribution in [0.1, 0.15) is 38.7 Å². The summed E-state index contributed by atoms with van der Waals surface area (Å²) in [4.78, 5) is 23.8. The number of hydrogen-bond donors (Lipinski definition) is 2. The molecule has 0 aliphatic carbocycles. The highest BCUT2D eigenvalue weighted by Gasteiger charge is 2.33.